The van der Waals surface area contributed by atoms with Gasteiger partial charge in [-0.2, -0.15) is 5.26 Å². The highest BCUT2D eigenvalue weighted by Gasteiger charge is 2.13. The molecule has 0 atom stereocenters. The molecule has 4 nitrogen and oxygen atoms in total. The third kappa shape index (κ3) is 2.06. The lowest BCUT2D eigenvalue weighted by Gasteiger charge is -2.02. The van der Waals surface area contributed by atoms with Crippen LogP contribution in [0.5, 0.6) is 5.75 Å². The van der Waals surface area contributed by atoms with E-state index in [1.165, 1.54) is 0 Å². The third-order valence-electron chi connectivity index (χ3n) is 3.03. The number of hydrogen-bond donors (Lipinski definition) is 0. The van der Waals surface area contributed by atoms with Gasteiger partial charge in [0.15, 0.2) is 0 Å². The Kier molecular flexibility index (Phi) is 3.02. The Morgan fingerprint density at radius 2 is 1.95 bits per heavy atom. The zero-order valence-electron chi connectivity index (χ0n) is 10.9. The van der Waals surface area contributed by atoms with Gasteiger partial charge in [0, 0.05) is 24.0 Å². The molecule has 2 heterocycles. The maximum Gasteiger partial charge on any atom is 0.222 e. The van der Waals surface area contributed by atoms with E-state index in [1.807, 2.05) is 48.8 Å². The molecule has 0 unspecified atom stereocenters. The van der Waals surface area contributed by atoms with Crippen LogP contribution in [0, 0.1) is 11.3 Å². The zero-order chi connectivity index (χ0) is 13.9. The van der Waals surface area contributed by atoms with Gasteiger partial charge in [-0.15, -0.1) is 0 Å². The summed E-state index contributed by atoms with van der Waals surface area (Å²) >= 11 is 0. The first-order valence-corrected chi connectivity index (χ1v) is 6.13. The largest absolute Gasteiger partial charge is 0.497 e. The lowest BCUT2D eigenvalue weighted by atomic mass is 10.1. The van der Waals surface area contributed by atoms with Gasteiger partial charge >= 0.3 is 0 Å². The number of aromatic nitrogens is 1. The fourth-order valence-corrected chi connectivity index (χ4v) is 2.04. The molecule has 0 fully saturated rings. The van der Waals surface area contributed by atoms with E-state index in [2.05, 4.69) is 6.07 Å². The zero-order valence-corrected chi connectivity index (χ0v) is 10.9. The van der Waals surface area contributed by atoms with E-state index in [-0.39, 0.29) is 0 Å². The van der Waals surface area contributed by atoms with Crippen molar-refractivity contribution in [3.05, 3.63) is 60.4 Å². The average Bonchev–Trinajstić information content (AvgIpc) is 3.15. The number of nitriles is 1. The molecule has 0 bridgehead atoms. The van der Waals surface area contributed by atoms with Gasteiger partial charge in [-0.3, -0.25) is 4.57 Å². The maximum atomic E-state index is 9.23. The van der Waals surface area contributed by atoms with Crippen molar-refractivity contribution in [3.63, 3.8) is 0 Å². The second-order valence-electron chi connectivity index (χ2n) is 4.26. The quantitative estimate of drug-likeness (QED) is 0.726. The van der Waals surface area contributed by atoms with E-state index in [4.69, 9.17) is 9.15 Å². The predicted molar refractivity (Wildman–Crippen MR) is 74.7 cm³/mol. The predicted octanol–water partition coefficient (Wildman–Crippen LogP) is 3.62. The first-order valence-electron chi connectivity index (χ1n) is 6.13. The van der Waals surface area contributed by atoms with Gasteiger partial charge in [0.05, 0.1) is 7.11 Å². The standard InChI is InChI=1S/C16H12N2O2/c1-19-14-6-4-5-12(9-14)15-10-13(11-17)16(20-15)18-7-2-3-8-18/h2-10H,1H3. The number of benzene rings is 1. The summed E-state index contributed by atoms with van der Waals surface area (Å²) in [5.74, 6) is 1.92. The van der Waals surface area contributed by atoms with Crippen LogP contribution in [-0.4, -0.2) is 11.7 Å². The van der Waals surface area contributed by atoms with E-state index in [1.54, 1.807) is 17.7 Å². The smallest absolute Gasteiger partial charge is 0.222 e. The van der Waals surface area contributed by atoms with Crippen LogP contribution in [0.4, 0.5) is 0 Å². The summed E-state index contributed by atoms with van der Waals surface area (Å²) in [4.78, 5) is 0. The van der Waals surface area contributed by atoms with Crippen molar-refractivity contribution >= 4 is 0 Å². The maximum absolute atomic E-state index is 9.23. The second-order valence-corrected chi connectivity index (χ2v) is 4.26. The Balaban J connectivity index is 2.10. The van der Waals surface area contributed by atoms with Gasteiger partial charge in [0.2, 0.25) is 5.88 Å². The second kappa shape index (κ2) is 4.98. The van der Waals surface area contributed by atoms with Gasteiger partial charge in [-0.25, -0.2) is 0 Å². The van der Waals surface area contributed by atoms with Crippen LogP contribution in [0.2, 0.25) is 0 Å². The van der Waals surface area contributed by atoms with E-state index in [0.717, 1.165) is 11.3 Å². The number of nitrogens with zero attached hydrogens (tertiary/aromatic N) is 2. The third-order valence-corrected chi connectivity index (χ3v) is 3.03. The summed E-state index contributed by atoms with van der Waals surface area (Å²) in [6.07, 6.45) is 3.68. The molecule has 0 aliphatic carbocycles. The average molecular weight is 264 g/mol. The van der Waals surface area contributed by atoms with Crippen LogP contribution in [-0.2, 0) is 0 Å². The number of rotatable bonds is 3. The molecule has 0 aliphatic rings. The Hall–Kier alpha value is -2.93. The molecule has 0 amide bonds. The lowest BCUT2D eigenvalue weighted by Crippen LogP contribution is -1.88. The number of methoxy groups -OCH3 is 1. The molecule has 98 valence electrons. The highest BCUT2D eigenvalue weighted by atomic mass is 16.5. The molecule has 0 N–H and O–H groups in total. The SMILES string of the molecule is COc1cccc(-c2cc(C#N)c(-n3cccc3)o2)c1. The molecule has 0 saturated carbocycles. The van der Waals surface area contributed by atoms with Crippen molar-refractivity contribution in [1.29, 1.82) is 5.26 Å². The van der Waals surface area contributed by atoms with Crippen molar-refractivity contribution in [1.82, 2.24) is 4.57 Å². The van der Waals surface area contributed by atoms with E-state index in [9.17, 15) is 5.26 Å². The molecule has 4 heteroatoms. The first-order chi connectivity index (χ1) is 9.81. The van der Waals surface area contributed by atoms with Crippen LogP contribution < -0.4 is 4.74 Å². The topological polar surface area (TPSA) is 51.1 Å². The van der Waals surface area contributed by atoms with Crippen LogP contribution in [0.3, 0.4) is 0 Å². The highest BCUT2D eigenvalue weighted by molar-refractivity contribution is 5.64. The minimum Gasteiger partial charge on any atom is -0.497 e. The van der Waals surface area contributed by atoms with Crippen molar-refractivity contribution in [2.45, 2.75) is 0 Å². The van der Waals surface area contributed by atoms with Crippen LogP contribution in [0.1, 0.15) is 5.56 Å². The summed E-state index contributed by atoms with van der Waals surface area (Å²) in [5.41, 5.74) is 1.37. The number of hydrogen-bond acceptors (Lipinski definition) is 3. The lowest BCUT2D eigenvalue weighted by molar-refractivity contribution is 0.415. The van der Waals surface area contributed by atoms with Crippen molar-refractivity contribution in [2.24, 2.45) is 0 Å². The minimum atomic E-state index is 0.499. The Morgan fingerprint density at radius 3 is 2.65 bits per heavy atom. The summed E-state index contributed by atoms with van der Waals surface area (Å²) in [5, 5.41) is 9.23. The number of furan rings is 1. The molecule has 0 saturated heterocycles. The van der Waals surface area contributed by atoms with Gasteiger partial charge in [0.1, 0.15) is 23.1 Å². The number of ether oxygens (including phenoxy) is 1. The van der Waals surface area contributed by atoms with Gasteiger partial charge in [0.25, 0.3) is 0 Å². The molecule has 0 radical (unpaired) electrons. The molecule has 2 aromatic heterocycles. The monoisotopic (exact) mass is 264 g/mol. The van der Waals surface area contributed by atoms with Crippen LogP contribution in [0.15, 0.2) is 59.3 Å². The highest BCUT2D eigenvalue weighted by Crippen LogP contribution is 2.29. The van der Waals surface area contributed by atoms with Gasteiger partial charge in [-0.1, -0.05) is 12.1 Å². The summed E-state index contributed by atoms with van der Waals surface area (Å²) < 4.78 is 12.8. The van der Waals surface area contributed by atoms with Crippen molar-refractivity contribution in [3.8, 4) is 29.0 Å². The fraction of sp³-hybridized carbons (Fsp3) is 0.0625. The van der Waals surface area contributed by atoms with Gasteiger partial charge < -0.3 is 9.15 Å². The van der Waals surface area contributed by atoms with Gasteiger partial charge in [-0.05, 0) is 24.3 Å². The van der Waals surface area contributed by atoms with Crippen molar-refractivity contribution in [2.75, 3.05) is 7.11 Å². The molecule has 20 heavy (non-hydrogen) atoms. The summed E-state index contributed by atoms with van der Waals surface area (Å²) in [6, 6.07) is 15.2. The molecule has 0 aliphatic heterocycles. The Bertz CT molecular complexity index is 764. The summed E-state index contributed by atoms with van der Waals surface area (Å²) in [7, 11) is 1.62. The Morgan fingerprint density at radius 1 is 1.15 bits per heavy atom. The molecule has 3 aromatic rings. The van der Waals surface area contributed by atoms with Crippen molar-refractivity contribution < 1.29 is 9.15 Å². The summed E-state index contributed by atoms with van der Waals surface area (Å²) in [6.45, 7) is 0. The molecule has 0 spiro atoms. The van der Waals surface area contributed by atoms with Crippen LogP contribution in [0.25, 0.3) is 17.2 Å². The molecular weight excluding hydrogens is 252 g/mol. The first kappa shape index (κ1) is 12.1. The molecule has 1 aromatic carbocycles. The van der Waals surface area contributed by atoms with E-state index < -0.39 is 0 Å². The van der Waals surface area contributed by atoms with E-state index in [0.29, 0.717) is 17.2 Å². The molecule has 3 rings (SSSR count). The van der Waals surface area contributed by atoms with Crippen LogP contribution >= 0.6 is 0 Å². The van der Waals surface area contributed by atoms with E-state index >= 15 is 0 Å². The fourth-order valence-electron chi connectivity index (χ4n) is 2.04. The molecular formula is C16H12N2O2. The Labute approximate surface area is 116 Å². The minimum absolute atomic E-state index is 0.499. The normalized spacial score (nSPS) is 10.2.